The number of ketones is 2. The molecule has 1 fully saturated rings. The van der Waals surface area contributed by atoms with E-state index < -0.39 is 34.7 Å². The molecule has 1 aliphatic heterocycles. The molecule has 1 heterocycles. The van der Waals surface area contributed by atoms with Gasteiger partial charge >= 0.3 is 12.1 Å². The average molecular weight is 339 g/mol. The Bertz CT molecular complexity index is 557. The van der Waals surface area contributed by atoms with Gasteiger partial charge in [0.15, 0.2) is 5.78 Å². The van der Waals surface area contributed by atoms with Crippen LogP contribution in [0.2, 0.25) is 0 Å². The molecule has 0 aromatic carbocycles. The summed E-state index contributed by atoms with van der Waals surface area (Å²) < 4.78 is 64.4. The van der Waals surface area contributed by atoms with Gasteiger partial charge < -0.3 is 4.90 Å². The Labute approximate surface area is 130 Å². The predicted octanol–water partition coefficient (Wildman–Crippen LogP) is 3.49. The minimum Gasteiger partial charge on any atom is -0.374 e. The number of hydrogen-bond acceptors (Lipinski definition) is 3. The van der Waals surface area contributed by atoms with E-state index in [9.17, 15) is 31.5 Å². The van der Waals surface area contributed by atoms with Crippen LogP contribution in [0.4, 0.5) is 22.0 Å². The van der Waals surface area contributed by atoms with Gasteiger partial charge in [-0.3, -0.25) is 9.59 Å². The van der Waals surface area contributed by atoms with Crippen LogP contribution in [-0.2, 0) is 9.59 Å². The Kier molecular flexibility index (Phi) is 4.32. The first-order chi connectivity index (χ1) is 10.4. The summed E-state index contributed by atoms with van der Waals surface area (Å²) in [6.07, 6.45) is -4.61. The molecule has 1 aliphatic carbocycles. The number of carbonyl (C=O) groups is 2. The van der Waals surface area contributed by atoms with E-state index in [0.29, 0.717) is 13.1 Å². The molecule has 0 radical (unpaired) electrons. The lowest BCUT2D eigenvalue weighted by Crippen LogP contribution is -2.48. The minimum atomic E-state index is -6.01. The first-order valence-corrected chi connectivity index (χ1v) is 7.37. The van der Waals surface area contributed by atoms with Gasteiger partial charge in [0.05, 0.1) is 5.57 Å². The molecule has 23 heavy (non-hydrogen) atoms. The minimum absolute atomic E-state index is 0.0395. The molecule has 130 valence electrons. The highest BCUT2D eigenvalue weighted by molar-refractivity contribution is 6.23. The van der Waals surface area contributed by atoms with Crippen molar-refractivity contribution in [3.05, 3.63) is 11.3 Å². The van der Waals surface area contributed by atoms with Crippen LogP contribution in [-0.4, -0.2) is 41.7 Å². The SMILES string of the molecule is CC1(C)CC(=O)C(C(=O)C(F)(F)C(F)(F)F)=C(N2CCCC2)C1. The fraction of sp³-hybridized carbons (Fsp3) is 0.733. The van der Waals surface area contributed by atoms with Crippen molar-refractivity contribution in [3.8, 4) is 0 Å². The van der Waals surface area contributed by atoms with E-state index in [1.54, 1.807) is 18.7 Å². The van der Waals surface area contributed by atoms with E-state index in [1.165, 1.54) is 0 Å². The van der Waals surface area contributed by atoms with E-state index in [4.69, 9.17) is 0 Å². The van der Waals surface area contributed by atoms with Gasteiger partial charge in [-0.1, -0.05) is 13.8 Å². The summed E-state index contributed by atoms with van der Waals surface area (Å²) in [5, 5.41) is 0. The largest absolute Gasteiger partial charge is 0.461 e. The van der Waals surface area contributed by atoms with Crippen LogP contribution in [0, 0.1) is 5.41 Å². The topological polar surface area (TPSA) is 37.4 Å². The predicted molar refractivity (Wildman–Crippen MR) is 71.9 cm³/mol. The van der Waals surface area contributed by atoms with Gasteiger partial charge in [0.25, 0.3) is 0 Å². The second-order valence-electron chi connectivity index (χ2n) is 6.86. The van der Waals surface area contributed by atoms with Gasteiger partial charge in [-0.25, -0.2) is 0 Å². The average Bonchev–Trinajstić information content (AvgIpc) is 2.88. The van der Waals surface area contributed by atoms with E-state index in [0.717, 1.165) is 12.8 Å². The van der Waals surface area contributed by atoms with Gasteiger partial charge in [0.2, 0.25) is 5.78 Å². The standard InChI is InChI=1S/C15H18F5NO2/c1-13(2)7-9(21-5-3-4-6-21)11(10(22)8-13)12(23)14(16,17)15(18,19)20/h3-8H2,1-2H3. The lowest BCUT2D eigenvalue weighted by Gasteiger charge is -2.36. The second-order valence-corrected chi connectivity index (χ2v) is 6.86. The molecule has 3 nitrogen and oxygen atoms in total. The number of allylic oxidation sites excluding steroid dienone is 2. The molecular formula is C15H18F5NO2. The highest BCUT2D eigenvalue weighted by Gasteiger charge is 2.65. The smallest absolute Gasteiger partial charge is 0.374 e. The molecule has 0 bridgehead atoms. The van der Waals surface area contributed by atoms with Crippen LogP contribution in [0.25, 0.3) is 0 Å². The number of nitrogens with zero attached hydrogens (tertiary/aromatic N) is 1. The van der Waals surface area contributed by atoms with Crippen LogP contribution in [0.3, 0.4) is 0 Å². The third-order valence-electron chi connectivity index (χ3n) is 4.21. The maximum atomic E-state index is 13.5. The summed E-state index contributed by atoms with van der Waals surface area (Å²) in [6, 6.07) is 0. The number of likely N-dealkylation sites (tertiary alicyclic amines) is 1. The summed E-state index contributed by atoms with van der Waals surface area (Å²) in [5.74, 6) is -8.91. The van der Waals surface area contributed by atoms with Crippen molar-refractivity contribution in [2.75, 3.05) is 13.1 Å². The lowest BCUT2D eigenvalue weighted by atomic mass is 9.74. The molecule has 0 atom stereocenters. The fourth-order valence-corrected chi connectivity index (χ4v) is 3.09. The van der Waals surface area contributed by atoms with Gasteiger partial charge in [0, 0.05) is 25.2 Å². The number of carbonyl (C=O) groups excluding carboxylic acids is 2. The zero-order chi connectivity index (χ0) is 17.6. The summed E-state index contributed by atoms with van der Waals surface area (Å²) in [6.45, 7) is 4.36. The van der Waals surface area contributed by atoms with E-state index in [1.807, 2.05) is 0 Å². The van der Waals surface area contributed by atoms with E-state index >= 15 is 0 Å². The monoisotopic (exact) mass is 339 g/mol. The maximum Gasteiger partial charge on any atom is 0.461 e. The lowest BCUT2D eigenvalue weighted by molar-refractivity contribution is -0.266. The normalized spacial score (nSPS) is 22.7. The second kappa shape index (κ2) is 5.56. The number of rotatable bonds is 3. The summed E-state index contributed by atoms with van der Waals surface area (Å²) in [7, 11) is 0. The third-order valence-corrected chi connectivity index (χ3v) is 4.21. The molecule has 8 heteroatoms. The highest BCUT2D eigenvalue weighted by atomic mass is 19.4. The number of hydrogen-bond donors (Lipinski definition) is 0. The van der Waals surface area contributed by atoms with E-state index in [-0.39, 0.29) is 18.5 Å². The van der Waals surface area contributed by atoms with Crippen molar-refractivity contribution < 1.29 is 31.5 Å². The molecule has 0 saturated carbocycles. The Hall–Kier alpha value is -1.47. The zero-order valence-corrected chi connectivity index (χ0v) is 12.9. The van der Waals surface area contributed by atoms with Gasteiger partial charge in [-0.15, -0.1) is 0 Å². The fourth-order valence-electron chi connectivity index (χ4n) is 3.09. The van der Waals surface area contributed by atoms with Crippen molar-refractivity contribution in [1.82, 2.24) is 4.90 Å². The molecule has 2 rings (SSSR count). The molecule has 0 amide bonds. The van der Waals surface area contributed by atoms with Crippen LogP contribution >= 0.6 is 0 Å². The Morgan fingerprint density at radius 1 is 1.04 bits per heavy atom. The molecule has 0 unspecified atom stereocenters. The van der Waals surface area contributed by atoms with Crippen molar-refractivity contribution in [2.24, 2.45) is 5.41 Å². The number of Topliss-reactive ketones (excluding diaryl/α,β-unsaturated/α-hetero) is 2. The van der Waals surface area contributed by atoms with Crippen LogP contribution in [0.5, 0.6) is 0 Å². The summed E-state index contributed by atoms with van der Waals surface area (Å²) in [5.41, 5.74) is -1.50. The summed E-state index contributed by atoms with van der Waals surface area (Å²) in [4.78, 5) is 25.7. The molecular weight excluding hydrogens is 321 g/mol. The maximum absolute atomic E-state index is 13.5. The third kappa shape index (κ3) is 3.26. The van der Waals surface area contributed by atoms with Crippen molar-refractivity contribution in [3.63, 3.8) is 0 Å². The van der Waals surface area contributed by atoms with Crippen molar-refractivity contribution in [2.45, 2.75) is 51.6 Å². The Morgan fingerprint density at radius 2 is 1.57 bits per heavy atom. The van der Waals surface area contributed by atoms with Crippen LogP contribution < -0.4 is 0 Å². The molecule has 1 saturated heterocycles. The quantitative estimate of drug-likeness (QED) is 0.583. The van der Waals surface area contributed by atoms with Gasteiger partial charge in [0.1, 0.15) is 0 Å². The molecule has 0 aromatic heterocycles. The first-order valence-electron chi connectivity index (χ1n) is 7.37. The molecule has 0 spiro atoms. The Morgan fingerprint density at radius 3 is 2.04 bits per heavy atom. The highest BCUT2D eigenvalue weighted by Crippen LogP contribution is 2.44. The molecule has 2 aliphatic rings. The Balaban J connectivity index is 2.52. The van der Waals surface area contributed by atoms with Crippen LogP contribution in [0.15, 0.2) is 11.3 Å². The van der Waals surface area contributed by atoms with Gasteiger partial charge in [-0.2, -0.15) is 22.0 Å². The van der Waals surface area contributed by atoms with Crippen molar-refractivity contribution >= 4 is 11.6 Å². The zero-order valence-electron chi connectivity index (χ0n) is 12.9. The first kappa shape index (κ1) is 17.9. The summed E-state index contributed by atoms with van der Waals surface area (Å²) >= 11 is 0. The van der Waals surface area contributed by atoms with Crippen molar-refractivity contribution in [1.29, 1.82) is 0 Å². The van der Waals surface area contributed by atoms with E-state index in [2.05, 4.69) is 0 Å². The molecule has 0 N–H and O–H groups in total. The van der Waals surface area contributed by atoms with Gasteiger partial charge in [-0.05, 0) is 24.7 Å². The number of halogens is 5. The van der Waals surface area contributed by atoms with Crippen LogP contribution in [0.1, 0.15) is 39.5 Å². The number of alkyl halides is 5. The molecule has 0 aromatic rings.